The van der Waals surface area contributed by atoms with E-state index in [2.05, 4.69) is 0 Å². The van der Waals surface area contributed by atoms with Crippen LogP contribution in [0.15, 0.2) is 18.2 Å². The quantitative estimate of drug-likeness (QED) is 0.831. The van der Waals surface area contributed by atoms with Crippen LogP contribution in [0.3, 0.4) is 0 Å². The molecule has 0 unspecified atom stereocenters. The second-order valence-electron chi connectivity index (χ2n) is 3.85. The molecule has 1 heterocycles. The van der Waals surface area contributed by atoms with Crippen molar-refractivity contribution in [2.75, 3.05) is 23.2 Å². The van der Waals surface area contributed by atoms with Crippen molar-refractivity contribution >= 4 is 15.7 Å². The molecule has 94 valence electrons. The monoisotopic (exact) mass is 259 g/mol. The Morgan fingerprint density at radius 1 is 1.47 bits per heavy atom. The lowest BCUT2D eigenvalue weighted by Gasteiger charge is -2.30. The second kappa shape index (κ2) is 4.52. The molecule has 0 aromatic heterocycles. The predicted molar refractivity (Wildman–Crippen MR) is 63.3 cm³/mol. The van der Waals surface area contributed by atoms with Crippen LogP contribution >= 0.6 is 0 Å². The third-order valence-electron chi connectivity index (χ3n) is 2.54. The molecular formula is C11H14FNO3S. The molecule has 0 radical (unpaired) electrons. The summed E-state index contributed by atoms with van der Waals surface area (Å²) in [6.07, 6.45) is 0.532. The topological polar surface area (TPSA) is 46.6 Å². The van der Waals surface area contributed by atoms with E-state index >= 15 is 0 Å². The Balaban J connectivity index is 2.44. The van der Waals surface area contributed by atoms with E-state index in [4.69, 9.17) is 4.74 Å². The maximum Gasteiger partial charge on any atom is 0.235 e. The molecule has 4 nitrogen and oxygen atoms in total. The number of anilines is 1. The molecule has 0 bridgehead atoms. The van der Waals surface area contributed by atoms with Gasteiger partial charge in [0.2, 0.25) is 10.0 Å². The molecule has 6 heteroatoms. The van der Waals surface area contributed by atoms with Crippen LogP contribution in [-0.2, 0) is 10.0 Å². The van der Waals surface area contributed by atoms with Gasteiger partial charge in [0.25, 0.3) is 0 Å². The van der Waals surface area contributed by atoms with E-state index in [1.54, 1.807) is 6.92 Å². The van der Waals surface area contributed by atoms with E-state index in [1.807, 2.05) is 0 Å². The number of hydrogen-bond donors (Lipinski definition) is 0. The zero-order valence-corrected chi connectivity index (χ0v) is 10.3. The first-order valence-electron chi connectivity index (χ1n) is 5.47. The van der Waals surface area contributed by atoms with Gasteiger partial charge in [0.05, 0.1) is 18.0 Å². The number of halogens is 1. The molecule has 0 spiro atoms. The Kier molecular flexibility index (Phi) is 3.24. The second-order valence-corrected chi connectivity index (χ2v) is 5.86. The lowest BCUT2D eigenvalue weighted by molar-refractivity contribution is 0.315. The highest BCUT2D eigenvalue weighted by molar-refractivity contribution is 7.92. The van der Waals surface area contributed by atoms with E-state index in [1.165, 1.54) is 22.5 Å². The lowest BCUT2D eigenvalue weighted by Crippen LogP contribution is -2.39. The van der Waals surface area contributed by atoms with Crippen LogP contribution in [0.1, 0.15) is 13.3 Å². The van der Waals surface area contributed by atoms with Crippen LogP contribution in [0.2, 0.25) is 0 Å². The number of benzene rings is 1. The molecule has 1 aromatic rings. The van der Waals surface area contributed by atoms with E-state index in [0.717, 1.165) is 0 Å². The van der Waals surface area contributed by atoms with Gasteiger partial charge >= 0.3 is 0 Å². The fourth-order valence-electron chi connectivity index (χ4n) is 1.82. The van der Waals surface area contributed by atoms with Gasteiger partial charge in [-0.1, -0.05) is 6.92 Å². The first-order chi connectivity index (χ1) is 8.04. The zero-order valence-electron chi connectivity index (χ0n) is 9.52. The van der Waals surface area contributed by atoms with Gasteiger partial charge < -0.3 is 4.74 Å². The van der Waals surface area contributed by atoms with Gasteiger partial charge in [0.1, 0.15) is 18.2 Å². The fourth-order valence-corrected chi connectivity index (χ4v) is 3.35. The average Bonchev–Trinajstić information content (AvgIpc) is 2.28. The Bertz CT molecular complexity index is 515. The molecule has 0 fully saturated rings. The zero-order chi connectivity index (χ0) is 12.5. The third-order valence-corrected chi connectivity index (χ3v) is 4.51. The summed E-state index contributed by atoms with van der Waals surface area (Å²) < 4.78 is 43.7. The molecule has 0 aliphatic carbocycles. The summed E-state index contributed by atoms with van der Waals surface area (Å²) in [4.78, 5) is 0. The van der Waals surface area contributed by atoms with Gasteiger partial charge in [0.15, 0.2) is 0 Å². The Morgan fingerprint density at radius 2 is 2.24 bits per heavy atom. The van der Waals surface area contributed by atoms with Gasteiger partial charge in [0, 0.05) is 6.07 Å². The molecule has 1 aromatic carbocycles. The summed E-state index contributed by atoms with van der Waals surface area (Å²) in [6.45, 7) is 2.32. The van der Waals surface area contributed by atoms with E-state index in [0.29, 0.717) is 24.5 Å². The van der Waals surface area contributed by atoms with Crippen LogP contribution in [0.5, 0.6) is 5.75 Å². The summed E-state index contributed by atoms with van der Waals surface area (Å²) in [6, 6.07) is 3.91. The molecule has 0 saturated carbocycles. The molecule has 0 atom stereocenters. The molecule has 1 aliphatic heterocycles. The summed E-state index contributed by atoms with van der Waals surface area (Å²) >= 11 is 0. The predicted octanol–water partition coefficient (Wildman–Crippen LogP) is 1.76. The summed E-state index contributed by atoms with van der Waals surface area (Å²) in [7, 11) is -3.38. The number of rotatable bonds is 3. The highest BCUT2D eigenvalue weighted by atomic mass is 32.2. The van der Waals surface area contributed by atoms with E-state index in [9.17, 15) is 12.8 Å². The van der Waals surface area contributed by atoms with E-state index in [-0.39, 0.29) is 12.3 Å². The van der Waals surface area contributed by atoms with Crippen LogP contribution < -0.4 is 9.04 Å². The van der Waals surface area contributed by atoms with Crippen molar-refractivity contribution in [2.45, 2.75) is 13.3 Å². The van der Waals surface area contributed by atoms with Gasteiger partial charge in [-0.3, -0.25) is 4.31 Å². The molecule has 1 aliphatic rings. The molecule has 0 saturated heterocycles. The molecule has 17 heavy (non-hydrogen) atoms. The lowest BCUT2D eigenvalue weighted by atomic mass is 10.2. The minimum absolute atomic E-state index is 0.0585. The van der Waals surface area contributed by atoms with Crippen molar-refractivity contribution in [3.63, 3.8) is 0 Å². The summed E-state index contributed by atoms with van der Waals surface area (Å²) in [5.74, 6) is 0.00596. The van der Waals surface area contributed by atoms with Crippen molar-refractivity contribution in [1.82, 2.24) is 0 Å². The SMILES string of the molecule is CCCS(=O)(=O)N1CCOc2ccc(F)cc21. The minimum atomic E-state index is -3.38. The van der Waals surface area contributed by atoms with E-state index < -0.39 is 15.8 Å². The minimum Gasteiger partial charge on any atom is -0.489 e. The Morgan fingerprint density at radius 3 is 2.94 bits per heavy atom. The largest absolute Gasteiger partial charge is 0.489 e. The number of ether oxygens (including phenoxy) is 1. The average molecular weight is 259 g/mol. The Labute approximate surface area is 100 Å². The molecule has 0 N–H and O–H groups in total. The van der Waals surface area contributed by atoms with Crippen LogP contribution in [0, 0.1) is 5.82 Å². The van der Waals surface area contributed by atoms with Crippen molar-refractivity contribution in [1.29, 1.82) is 0 Å². The number of nitrogens with zero attached hydrogens (tertiary/aromatic N) is 1. The molecular weight excluding hydrogens is 245 g/mol. The maximum absolute atomic E-state index is 13.2. The maximum atomic E-state index is 13.2. The highest BCUT2D eigenvalue weighted by Crippen LogP contribution is 2.34. The van der Waals surface area contributed by atoms with Crippen molar-refractivity contribution in [2.24, 2.45) is 0 Å². The number of fused-ring (bicyclic) bond motifs is 1. The van der Waals surface area contributed by atoms with Crippen LogP contribution in [-0.4, -0.2) is 27.3 Å². The van der Waals surface area contributed by atoms with Crippen LogP contribution in [0.25, 0.3) is 0 Å². The number of hydrogen-bond acceptors (Lipinski definition) is 3. The van der Waals surface area contributed by atoms with Crippen LogP contribution in [0.4, 0.5) is 10.1 Å². The van der Waals surface area contributed by atoms with Gasteiger partial charge in [-0.05, 0) is 18.6 Å². The smallest absolute Gasteiger partial charge is 0.235 e. The van der Waals surface area contributed by atoms with Gasteiger partial charge in [-0.15, -0.1) is 0 Å². The van der Waals surface area contributed by atoms with Crippen molar-refractivity contribution in [3.05, 3.63) is 24.0 Å². The first kappa shape index (κ1) is 12.2. The normalized spacial score (nSPS) is 15.3. The highest BCUT2D eigenvalue weighted by Gasteiger charge is 2.28. The third kappa shape index (κ3) is 2.36. The van der Waals surface area contributed by atoms with Gasteiger partial charge in [-0.25, -0.2) is 12.8 Å². The molecule has 0 amide bonds. The molecule has 2 rings (SSSR count). The summed E-state index contributed by atoms with van der Waals surface area (Å²) in [5, 5.41) is 0. The van der Waals surface area contributed by atoms with Gasteiger partial charge in [-0.2, -0.15) is 0 Å². The van der Waals surface area contributed by atoms with Crippen molar-refractivity contribution in [3.8, 4) is 5.75 Å². The fraction of sp³-hybridized carbons (Fsp3) is 0.455. The number of sulfonamides is 1. The van der Waals surface area contributed by atoms with Crippen molar-refractivity contribution < 1.29 is 17.5 Å². The standard InChI is InChI=1S/C11H14FNO3S/c1-2-7-17(14,15)13-5-6-16-11-4-3-9(12)8-10(11)13/h3-4,8H,2,5-7H2,1H3. The summed E-state index contributed by atoms with van der Waals surface area (Å²) in [5.41, 5.74) is 0.296. The first-order valence-corrected chi connectivity index (χ1v) is 7.08. The Hall–Kier alpha value is -1.30.